The molecule has 0 bridgehead atoms. The van der Waals surface area contributed by atoms with Crippen LogP contribution < -0.4 is 0 Å². The van der Waals surface area contributed by atoms with Crippen LogP contribution >= 0.6 is 0 Å². The third-order valence-corrected chi connectivity index (χ3v) is 3.39. The molecular weight excluding hydrogens is 280 g/mol. The van der Waals surface area contributed by atoms with Gasteiger partial charge in [0, 0.05) is 0 Å². The van der Waals surface area contributed by atoms with Crippen LogP contribution in [0, 0.1) is 11.3 Å². The van der Waals surface area contributed by atoms with Gasteiger partial charge in [-0.3, -0.25) is 9.59 Å². The number of hydrogen-bond acceptors (Lipinski definition) is 4. The Kier molecular flexibility index (Phi) is 10.3. The molecule has 0 heterocycles. The van der Waals surface area contributed by atoms with Crippen LogP contribution in [0.3, 0.4) is 0 Å². The Balaban J connectivity index is 4.12. The highest BCUT2D eigenvalue weighted by Gasteiger charge is 2.23. The molecule has 0 aliphatic carbocycles. The van der Waals surface area contributed by atoms with Crippen molar-refractivity contribution in [1.29, 1.82) is 0 Å². The Morgan fingerprint density at radius 1 is 1.00 bits per heavy atom. The fourth-order valence-corrected chi connectivity index (χ4v) is 2.22. The lowest BCUT2D eigenvalue weighted by Crippen LogP contribution is -2.20. The molecule has 0 saturated heterocycles. The maximum atomic E-state index is 11.8. The smallest absolute Gasteiger partial charge is 0.314 e. The van der Waals surface area contributed by atoms with E-state index >= 15 is 0 Å². The van der Waals surface area contributed by atoms with Crippen molar-refractivity contribution < 1.29 is 19.1 Å². The van der Waals surface area contributed by atoms with Crippen molar-refractivity contribution in [2.45, 2.75) is 65.7 Å². The van der Waals surface area contributed by atoms with Crippen LogP contribution in [0.5, 0.6) is 0 Å². The molecule has 0 aliphatic heterocycles. The van der Waals surface area contributed by atoms with Gasteiger partial charge in [0.1, 0.15) is 0 Å². The van der Waals surface area contributed by atoms with E-state index in [9.17, 15) is 9.59 Å². The molecule has 0 amide bonds. The molecule has 126 valence electrons. The van der Waals surface area contributed by atoms with E-state index in [1.807, 2.05) is 0 Å². The van der Waals surface area contributed by atoms with Crippen molar-refractivity contribution in [2.24, 2.45) is 11.3 Å². The van der Waals surface area contributed by atoms with Gasteiger partial charge in [0.05, 0.1) is 24.9 Å². The van der Waals surface area contributed by atoms with E-state index in [4.69, 9.17) is 4.74 Å². The molecule has 0 aliphatic rings. The monoisotopic (exact) mass is 310 g/mol. The molecule has 0 saturated carbocycles. The fraction of sp³-hybridized carbons (Fsp3) is 0.667. The zero-order valence-corrected chi connectivity index (χ0v) is 14.2. The first kappa shape index (κ1) is 20.4. The van der Waals surface area contributed by atoms with Crippen LogP contribution in [0.2, 0.25) is 0 Å². The maximum Gasteiger partial charge on any atom is 0.314 e. The van der Waals surface area contributed by atoms with Crippen LogP contribution in [0.1, 0.15) is 65.7 Å². The molecule has 4 nitrogen and oxygen atoms in total. The topological polar surface area (TPSA) is 52.6 Å². The van der Waals surface area contributed by atoms with E-state index in [-0.39, 0.29) is 6.42 Å². The Bertz CT molecular complexity index is 366. The van der Waals surface area contributed by atoms with Crippen molar-refractivity contribution in [3.63, 3.8) is 0 Å². The summed E-state index contributed by atoms with van der Waals surface area (Å²) in [4.78, 5) is 23.3. The zero-order chi connectivity index (χ0) is 17.0. The quantitative estimate of drug-likeness (QED) is 0.314. The van der Waals surface area contributed by atoms with Crippen molar-refractivity contribution in [3.8, 4) is 0 Å². The first-order valence-corrected chi connectivity index (χ1v) is 7.92. The lowest BCUT2D eigenvalue weighted by atomic mass is 9.89. The second-order valence-electron chi connectivity index (χ2n) is 6.67. The number of ether oxygens (including phenoxy) is 2. The number of unbranched alkanes of at least 4 members (excludes halogenated alkanes) is 3. The largest absolute Gasteiger partial charge is 0.435 e. The normalized spacial score (nSPS) is 12.3. The molecular formula is C18H30O4. The number of esters is 2. The standard InChI is InChI=1S/C18H30O4/c1-6-21-16(19)14-15(17(20)22-7-2)12-10-8-9-11-13-18(3,4)5/h6-7,15H,1-2,8-14H2,3-5H3. The average molecular weight is 310 g/mol. The van der Waals surface area contributed by atoms with E-state index in [0.29, 0.717) is 11.8 Å². The molecule has 0 fully saturated rings. The van der Waals surface area contributed by atoms with Crippen LogP contribution in [-0.4, -0.2) is 11.9 Å². The summed E-state index contributed by atoms with van der Waals surface area (Å²) in [7, 11) is 0. The first-order chi connectivity index (χ1) is 10.3. The molecule has 22 heavy (non-hydrogen) atoms. The maximum absolute atomic E-state index is 11.8. The summed E-state index contributed by atoms with van der Waals surface area (Å²) in [6, 6.07) is 0. The number of carbonyl (C=O) groups is 2. The second-order valence-corrected chi connectivity index (χ2v) is 6.67. The number of rotatable bonds is 11. The highest BCUT2D eigenvalue weighted by molar-refractivity contribution is 5.80. The molecule has 0 aromatic carbocycles. The van der Waals surface area contributed by atoms with Gasteiger partial charge in [0.25, 0.3) is 0 Å². The molecule has 4 heteroatoms. The summed E-state index contributed by atoms with van der Waals surface area (Å²) in [6.07, 6.45) is 8.26. The van der Waals surface area contributed by atoms with Gasteiger partial charge in [-0.05, 0) is 18.3 Å². The molecule has 0 N–H and O–H groups in total. The van der Waals surface area contributed by atoms with Crippen molar-refractivity contribution >= 4 is 11.9 Å². The predicted octanol–water partition coefficient (Wildman–Crippen LogP) is 4.75. The number of hydrogen-bond donors (Lipinski definition) is 0. The SMILES string of the molecule is C=COC(=O)CC(CCCCCCC(C)(C)C)C(=O)OC=C. The summed E-state index contributed by atoms with van der Waals surface area (Å²) in [5.74, 6) is -1.37. The molecule has 0 spiro atoms. The summed E-state index contributed by atoms with van der Waals surface area (Å²) in [6.45, 7) is 13.4. The average Bonchev–Trinajstić information content (AvgIpc) is 2.40. The van der Waals surface area contributed by atoms with Crippen LogP contribution in [0.25, 0.3) is 0 Å². The van der Waals surface area contributed by atoms with Gasteiger partial charge in [-0.15, -0.1) is 0 Å². The van der Waals surface area contributed by atoms with Crippen molar-refractivity contribution in [3.05, 3.63) is 25.7 Å². The number of carbonyl (C=O) groups excluding carboxylic acids is 2. The van der Waals surface area contributed by atoms with Crippen LogP contribution in [-0.2, 0) is 19.1 Å². The Morgan fingerprint density at radius 2 is 1.59 bits per heavy atom. The Morgan fingerprint density at radius 3 is 2.14 bits per heavy atom. The van der Waals surface area contributed by atoms with Gasteiger partial charge in [0.15, 0.2) is 0 Å². The highest BCUT2D eigenvalue weighted by atomic mass is 16.5. The van der Waals surface area contributed by atoms with Gasteiger partial charge in [-0.2, -0.15) is 0 Å². The molecule has 1 unspecified atom stereocenters. The van der Waals surface area contributed by atoms with Gasteiger partial charge < -0.3 is 9.47 Å². The minimum absolute atomic E-state index is 0.0146. The van der Waals surface area contributed by atoms with E-state index in [1.54, 1.807) is 0 Å². The summed E-state index contributed by atoms with van der Waals surface area (Å²) in [5.41, 5.74) is 0.366. The van der Waals surface area contributed by atoms with E-state index in [1.165, 1.54) is 12.8 Å². The van der Waals surface area contributed by atoms with Gasteiger partial charge in [0.2, 0.25) is 0 Å². The van der Waals surface area contributed by atoms with E-state index in [2.05, 4.69) is 38.7 Å². The molecule has 0 aromatic heterocycles. The third-order valence-electron chi connectivity index (χ3n) is 3.39. The van der Waals surface area contributed by atoms with Gasteiger partial charge in [-0.1, -0.05) is 59.6 Å². The van der Waals surface area contributed by atoms with Gasteiger partial charge in [-0.25, -0.2) is 0 Å². The molecule has 0 aromatic rings. The van der Waals surface area contributed by atoms with Gasteiger partial charge >= 0.3 is 11.9 Å². The Hall–Kier alpha value is -1.58. The predicted molar refractivity (Wildman–Crippen MR) is 87.8 cm³/mol. The fourth-order valence-electron chi connectivity index (χ4n) is 2.22. The van der Waals surface area contributed by atoms with E-state index < -0.39 is 17.9 Å². The minimum atomic E-state index is -0.479. The Labute approximate surface area is 134 Å². The van der Waals surface area contributed by atoms with Crippen molar-refractivity contribution in [2.75, 3.05) is 0 Å². The van der Waals surface area contributed by atoms with Crippen LogP contribution in [0.15, 0.2) is 25.7 Å². The molecule has 1 atom stereocenters. The zero-order valence-electron chi connectivity index (χ0n) is 14.2. The minimum Gasteiger partial charge on any atom is -0.435 e. The lowest BCUT2D eigenvalue weighted by Gasteiger charge is -2.17. The van der Waals surface area contributed by atoms with Crippen LogP contribution in [0.4, 0.5) is 0 Å². The summed E-state index contributed by atoms with van der Waals surface area (Å²) >= 11 is 0. The second kappa shape index (κ2) is 11.0. The molecule has 0 radical (unpaired) electrons. The summed E-state index contributed by atoms with van der Waals surface area (Å²) in [5, 5.41) is 0. The highest BCUT2D eigenvalue weighted by Crippen LogP contribution is 2.23. The van der Waals surface area contributed by atoms with E-state index in [0.717, 1.165) is 31.8 Å². The summed E-state index contributed by atoms with van der Waals surface area (Å²) < 4.78 is 9.47. The van der Waals surface area contributed by atoms with Crippen molar-refractivity contribution in [1.82, 2.24) is 0 Å². The first-order valence-electron chi connectivity index (χ1n) is 7.92. The molecule has 0 rings (SSSR count). The lowest BCUT2D eigenvalue weighted by molar-refractivity contribution is -0.149. The third kappa shape index (κ3) is 11.1.